The number of benzene rings is 1. The summed E-state index contributed by atoms with van der Waals surface area (Å²) in [4.78, 5) is 4.32. The van der Waals surface area contributed by atoms with Crippen molar-refractivity contribution < 1.29 is 9.09 Å². The van der Waals surface area contributed by atoms with E-state index in [1.54, 1.807) is 6.33 Å². The van der Waals surface area contributed by atoms with E-state index in [4.69, 9.17) is 4.42 Å². The van der Waals surface area contributed by atoms with Gasteiger partial charge in [-0.05, 0) is 18.9 Å². The molecule has 0 unspecified atom stereocenters. The van der Waals surface area contributed by atoms with E-state index in [2.05, 4.69) is 16.5 Å². The lowest BCUT2D eigenvalue weighted by molar-refractivity contribution is -0.636. The van der Waals surface area contributed by atoms with Crippen LogP contribution in [0.1, 0.15) is 25.7 Å². The summed E-state index contributed by atoms with van der Waals surface area (Å²) in [5.74, 6) is 0. The second-order valence-corrected chi connectivity index (χ2v) is 5.19. The van der Waals surface area contributed by atoms with E-state index in [0.717, 1.165) is 22.1 Å². The molecule has 19 heavy (non-hydrogen) atoms. The first kappa shape index (κ1) is 10.8. The molecule has 0 saturated heterocycles. The van der Waals surface area contributed by atoms with Crippen molar-refractivity contribution in [2.24, 2.45) is 0 Å². The third-order valence-corrected chi connectivity index (χ3v) is 3.90. The summed E-state index contributed by atoms with van der Waals surface area (Å²) in [6.07, 6.45) is 8.73. The highest BCUT2D eigenvalue weighted by molar-refractivity contribution is 6.01. The summed E-state index contributed by atoms with van der Waals surface area (Å²) in [6, 6.07) is 8.62. The standard InChI is InChI=1S/C15H16N3O/c1-2-6-11(5-1)17-18-10-16-9-13-12-7-3-4-8-14(12)19-15(13)18/h3-4,7-11,17H,1-2,5-6H2/q+1. The molecule has 1 N–H and O–H groups in total. The fourth-order valence-corrected chi connectivity index (χ4v) is 2.93. The number of hydrogen-bond acceptors (Lipinski definition) is 3. The Hall–Kier alpha value is -2.10. The Morgan fingerprint density at radius 1 is 1.16 bits per heavy atom. The van der Waals surface area contributed by atoms with Crippen LogP contribution < -0.4 is 10.1 Å². The fraction of sp³-hybridized carbons (Fsp3) is 0.333. The van der Waals surface area contributed by atoms with Crippen LogP contribution in [0.3, 0.4) is 0 Å². The van der Waals surface area contributed by atoms with Crippen LogP contribution in [0, 0.1) is 0 Å². The van der Waals surface area contributed by atoms with Gasteiger partial charge in [-0.1, -0.05) is 40.7 Å². The Balaban J connectivity index is 1.86. The lowest BCUT2D eigenvalue weighted by Crippen LogP contribution is -2.49. The quantitative estimate of drug-likeness (QED) is 0.715. The van der Waals surface area contributed by atoms with Crippen LogP contribution in [0.2, 0.25) is 0 Å². The normalized spacial score (nSPS) is 16.4. The number of para-hydroxylation sites is 1. The minimum Gasteiger partial charge on any atom is -0.420 e. The van der Waals surface area contributed by atoms with E-state index in [1.165, 1.54) is 25.7 Å². The number of fused-ring (bicyclic) bond motifs is 3. The molecule has 1 saturated carbocycles. The molecule has 0 radical (unpaired) electrons. The van der Waals surface area contributed by atoms with E-state index in [0.29, 0.717) is 6.04 Å². The van der Waals surface area contributed by atoms with Gasteiger partial charge < -0.3 is 4.42 Å². The largest absolute Gasteiger partial charge is 0.420 e. The summed E-state index contributed by atoms with van der Waals surface area (Å²) in [6.45, 7) is 0. The second kappa shape index (κ2) is 4.23. The molecule has 1 fully saturated rings. The van der Waals surface area contributed by atoms with Crippen LogP contribution in [0.4, 0.5) is 0 Å². The van der Waals surface area contributed by atoms with Gasteiger partial charge in [0.25, 0.3) is 0 Å². The maximum Gasteiger partial charge on any atom is 0.325 e. The Morgan fingerprint density at radius 2 is 2.00 bits per heavy atom. The van der Waals surface area contributed by atoms with Crippen LogP contribution >= 0.6 is 0 Å². The zero-order chi connectivity index (χ0) is 12.7. The van der Waals surface area contributed by atoms with Crippen LogP contribution in [0.15, 0.2) is 41.2 Å². The smallest absolute Gasteiger partial charge is 0.325 e. The number of aromatic nitrogens is 2. The monoisotopic (exact) mass is 254 g/mol. The topological polar surface area (TPSA) is 41.9 Å². The Kier molecular flexibility index (Phi) is 2.40. The van der Waals surface area contributed by atoms with Crippen LogP contribution in [-0.4, -0.2) is 11.0 Å². The zero-order valence-corrected chi connectivity index (χ0v) is 10.7. The van der Waals surface area contributed by atoms with Gasteiger partial charge in [0, 0.05) is 5.39 Å². The average molecular weight is 254 g/mol. The minimum absolute atomic E-state index is 0.533. The minimum atomic E-state index is 0.533. The third-order valence-electron chi connectivity index (χ3n) is 3.90. The van der Waals surface area contributed by atoms with E-state index in [1.807, 2.05) is 29.1 Å². The molecular weight excluding hydrogens is 238 g/mol. The molecule has 0 atom stereocenters. The van der Waals surface area contributed by atoms with Crippen molar-refractivity contribution in [2.75, 3.05) is 5.43 Å². The van der Waals surface area contributed by atoms with Gasteiger partial charge in [0.15, 0.2) is 6.20 Å². The van der Waals surface area contributed by atoms with Crippen molar-refractivity contribution >= 4 is 22.1 Å². The molecule has 0 aliphatic heterocycles. The lowest BCUT2D eigenvalue weighted by Gasteiger charge is -2.09. The molecule has 0 spiro atoms. The van der Waals surface area contributed by atoms with Gasteiger partial charge in [-0.2, -0.15) is 0 Å². The maximum absolute atomic E-state index is 5.95. The van der Waals surface area contributed by atoms with Crippen LogP contribution in [0.25, 0.3) is 22.1 Å². The van der Waals surface area contributed by atoms with Gasteiger partial charge in [-0.25, -0.2) is 0 Å². The molecule has 4 rings (SSSR count). The van der Waals surface area contributed by atoms with Crippen molar-refractivity contribution in [3.8, 4) is 0 Å². The summed E-state index contributed by atoms with van der Waals surface area (Å²) < 4.78 is 7.89. The molecule has 4 nitrogen and oxygen atoms in total. The highest BCUT2D eigenvalue weighted by atomic mass is 16.3. The van der Waals surface area contributed by atoms with Gasteiger partial charge in [-0.3, -0.25) is 5.43 Å². The van der Waals surface area contributed by atoms with Gasteiger partial charge in [0.2, 0.25) is 0 Å². The van der Waals surface area contributed by atoms with E-state index in [9.17, 15) is 0 Å². The predicted molar refractivity (Wildman–Crippen MR) is 73.3 cm³/mol. The van der Waals surface area contributed by atoms with Crippen LogP contribution in [-0.2, 0) is 0 Å². The van der Waals surface area contributed by atoms with Gasteiger partial charge >= 0.3 is 12.0 Å². The molecule has 0 bridgehead atoms. The van der Waals surface area contributed by atoms with Crippen molar-refractivity contribution in [3.63, 3.8) is 0 Å². The SMILES string of the molecule is c1ccc2c(c1)oc1c2cnc[n+]1NC1CCCC1. The summed E-state index contributed by atoms with van der Waals surface area (Å²) >= 11 is 0. The molecule has 4 heteroatoms. The number of hydrogen-bond donors (Lipinski definition) is 1. The number of nitrogens with zero attached hydrogens (tertiary/aromatic N) is 2. The molecule has 96 valence electrons. The van der Waals surface area contributed by atoms with Gasteiger partial charge in [0.05, 0.1) is 6.04 Å². The number of furan rings is 1. The summed E-state index contributed by atoms with van der Waals surface area (Å²) in [5, 5.41) is 2.18. The van der Waals surface area contributed by atoms with Crippen molar-refractivity contribution in [1.82, 2.24) is 4.98 Å². The van der Waals surface area contributed by atoms with Gasteiger partial charge in [0.1, 0.15) is 11.0 Å². The maximum atomic E-state index is 5.95. The highest BCUT2D eigenvalue weighted by Gasteiger charge is 2.21. The van der Waals surface area contributed by atoms with Gasteiger partial charge in [-0.15, -0.1) is 0 Å². The third kappa shape index (κ3) is 1.75. The zero-order valence-electron chi connectivity index (χ0n) is 10.7. The fourth-order valence-electron chi connectivity index (χ4n) is 2.93. The molecule has 2 heterocycles. The molecule has 2 aromatic heterocycles. The van der Waals surface area contributed by atoms with Crippen molar-refractivity contribution in [2.45, 2.75) is 31.7 Å². The van der Waals surface area contributed by atoms with Crippen molar-refractivity contribution in [1.29, 1.82) is 0 Å². The van der Waals surface area contributed by atoms with E-state index >= 15 is 0 Å². The summed E-state index contributed by atoms with van der Waals surface area (Å²) in [5.41, 5.74) is 5.27. The first-order chi connectivity index (χ1) is 9.42. The molecule has 1 aliphatic rings. The predicted octanol–water partition coefficient (Wildman–Crippen LogP) is 2.75. The Bertz CT molecular complexity index is 728. The molecule has 1 aromatic carbocycles. The number of nitrogens with one attached hydrogen (secondary N) is 1. The van der Waals surface area contributed by atoms with E-state index in [-0.39, 0.29) is 0 Å². The van der Waals surface area contributed by atoms with Crippen LogP contribution in [0.5, 0.6) is 0 Å². The molecule has 1 aliphatic carbocycles. The molecular formula is C15H16N3O+. The lowest BCUT2D eigenvalue weighted by atomic mass is 10.2. The summed E-state index contributed by atoms with van der Waals surface area (Å²) in [7, 11) is 0. The second-order valence-electron chi connectivity index (χ2n) is 5.19. The molecule has 0 amide bonds. The Labute approximate surface area is 111 Å². The van der Waals surface area contributed by atoms with Crippen molar-refractivity contribution in [3.05, 3.63) is 36.8 Å². The average Bonchev–Trinajstić information content (AvgIpc) is 3.06. The number of rotatable bonds is 2. The molecule has 3 aromatic rings. The first-order valence-electron chi connectivity index (χ1n) is 6.85. The highest BCUT2D eigenvalue weighted by Crippen LogP contribution is 2.25. The Morgan fingerprint density at radius 3 is 2.89 bits per heavy atom. The van der Waals surface area contributed by atoms with E-state index < -0.39 is 0 Å². The first-order valence-corrected chi connectivity index (χ1v) is 6.85.